The third kappa shape index (κ3) is 4.45. The summed E-state index contributed by atoms with van der Waals surface area (Å²) in [6, 6.07) is 12.8. The van der Waals surface area contributed by atoms with E-state index in [1.54, 1.807) is 14.0 Å². The Morgan fingerprint density at radius 3 is 2.39 bits per heavy atom. The lowest BCUT2D eigenvalue weighted by molar-refractivity contribution is -0.127. The second kappa shape index (κ2) is 7.63. The predicted molar refractivity (Wildman–Crippen MR) is 86.0 cm³/mol. The minimum Gasteiger partial charge on any atom is -0.496 e. The van der Waals surface area contributed by atoms with Crippen LogP contribution in [-0.2, 0) is 4.79 Å². The lowest BCUT2D eigenvalue weighted by Gasteiger charge is -2.20. The van der Waals surface area contributed by atoms with E-state index in [-0.39, 0.29) is 17.8 Å². The van der Waals surface area contributed by atoms with Crippen molar-refractivity contribution in [1.29, 1.82) is 0 Å². The third-order valence-corrected chi connectivity index (χ3v) is 3.46. The highest BCUT2D eigenvalue weighted by atomic mass is 19.1. The van der Waals surface area contributed by atoms with Gasteiger partial charge in [0.15, 0.2) is 6.10 Å². The molecule has 2 atom stereocenters. The standard InChI is InChI=1S/C18H20FNO3/c1-12(16-6-4-5-7-17(16)22-3)20-18(21)13(2)23-15-10-8-14(19)9-11-15/h4-13H,1-3H3,(H,20,21)/t12-,13-/m1/s1. The van der Waals surface area contributed by atoms with Gasteiger partial charge in [0.1, 0.15) is 17.3 Å². The highest BCUT2D eigenvalue weighted by molar-refractivity contribution is 5.81. The maximum absolute atomic E-state index is 12.9. The number of nitrogens with one attached hydrogen (secondary N) is 1. The van der Waals surface area contributed by atoms with Crippen LogP contribution in [0.15, 0.2) is 48.5 Å². The average molecular weight is 317 g/mol. The Kier molecular flexibility index (Phi) is 5.57. The van der Waals surface area contributed by atoms with Gasteiger partial charge in [-0.1, -0.05) is 18.2 Å². The van der Waals surface area contributed by atoms with Crippen molar-refractivity contribution in [2.75, 3.05) is 7.11 Å². The molecule has 2 rings (SSSR count). The van der Waals surface area contributed by atoms with Crippen molar-refractivity contribution in [2.24, 2.45) is 0 Å². The zero-order valence-electron chi connectivity index (χ0n) is 13.4. The number of rotatable bonds is 6. The minimum atomic E-state index is -0.697. The monoisotopic (exact) mass is 317 g/mol. The number of hydrogen-bond acceptors (Lipinski definition) is 3. The van der Waals surface area contributed by atoms with Crippen molar-refractivity contribution < 1.29 is 18.7 Å². The summed E-state index contributed by atoms with van der Waals surface area (Å²) in [6.07, 6.45) is -0.697. The number of ether oxygens (including phenoxy) is 2. The Balaban J connectivity index is 1.98. The number of methoxy groups -OCH3 is 1. The molecule has 0 unspecified atom stereocenters. The summed E-state index contributed by atoms with van der Waals surface area (Å²) in [4.78, 5) is 12.2. The van der Waals surface area contributed by atoms with Crippen molar-refractivity contribution in [1.82, 2.24) is 5.32 Å². The molecule has 1 amide bonds. The van der Waals surface area contributed by atoms with Gasteiger partial charge in [-0.3, -0.25) is 4.79 Å². The predicted octanol–water partition coefficient (Wildman–Crippen LogP) is 3.48. The molecule has 0 aliphatic rings. The minimum absolute atomic E-state index is 0.224. The van der Waals surface area contributed by atoms with E-state index in [1.807, 2.05) is 31.2 Å². The molecular formula is C18H20FNO3. The number of amides is 1. The molecule has 0 spiro atoms. The molecule has 0 radical (unpaired) electrons. The smallest absolute Gasteiger partial charge is 0.261 e. The molecule has 0 saturated carbocycles. The second-order valence-electron chi connectivity index (χ2n) is 5.19. The van der Waals surface area contributed by atoms with Crippen LogP contribution >= 0.6 is 0 Å². The van der Waals surface area contributed by atoms with Gasteiger partial charge in [0.2, 0.25) is 0 Å². The molecule has 0 saturated heterocycles. The quantitative estimate of drug-likeness (QED) is 0.887. The first-order valence-electron chi connectivity index (χ1n) is 7.36. The van der Waals surface area contributed by atoms with Crippen molar-refractivity contribution in [3.8, 4) is 11.5 Å². The van der Waals surface area contributed by atoms with Gasteiger partial charge >= 0.3 is 0 Å². The molecular weight excluding hydrogens is 297 g/mol. The maximum atomic E-state index is 12.9. The van der Waals surface area contributed by atoms with Gasteiger partial charge in [0, 0.05) is 5.56 Å². The first kappa shape index (κ1) is 16.8. The van der Waals surface area contributed by atoms with Gasteiger partial charge < -0.3 is 14.8 Å². The number of hydrogen-bond donors (Lipinski definition) is 1. The molecule has 5 heteroatoms. The van der Waals surface area contributed by atoms with E-state index in [0.717, 1.165) is 5.56 Å². The van der Waals surface area contributed by atoms with Crippen LogP contribution in [0.1, 0.15) is 25.5 Å². The molecule has 0 heterocycles. The van der Waals surface area contributed by atoms with Crippen LogP contribution < -0.4 is 14.8 Å². The normalized spacial score (nSPS) is 13.0. The molecule has 0 aliphatic carbocycles. The Labute approximate surface area is 135 Å². The largest absolute Gasteiger partial charge is 0.496 e. The summed E-state index contributed by atoms with van der Waals surface area (Å²) in [5, 5.41) is 2.88. The second-order valence-corrected chi connectivity index (χ2v) is 5.19. The van der Waals surface area contributed by atoms with Gasteiger partial charge in [-0.2, -0.15) is 0 Å². The van der Waals surface area contributed by atoms with Gasteiger partial charge in [-0.25, -0.2) is 4.39 Å². The number of carbonyl (C=O) groups is 1. The summed E-state index contributed by atoms with van der Waals surface area (Å²) in [6.45, 7) is 3.52. The molecule has 122 valence electrons. The first-order chi connectivity index (χ1) is 11.0. The van der Waals surface area contributed by atoms with Crippen molar-refractivity contribution in [2.45, 2.75) is 26.0 Å². The first-order valence-corrected chi connectivity index (χ1v) is 7.36. The van der Waals surface area contributed by atoms with Crippen LogP contribution in [0.3, 0.4) is 0 Å². The van der Waals surface area contributed by atoms with Gasteiger partial charge in [0.25, 0.3) is 5.91 Å². The van der Waals surface area contributed by atoms with Crippen LogP contribution in [0.4, 0.5) is 4.39 Å². The van der Waals surface area contributed by atoms with E-state index in [4.69, 9.17) is 9.47 Å². The van der Waals surface area contributed by atoms with E-state index >= 15 is 0 Å². The van der Waals surface area contributed by atoms with Crippen LogP contribution in [-0.4, -0.2) is 19.1 Å². The highest BCUT2D eigenvalue weighted by Gasteiger charge is 2.19. The van der Waals surface area contributed by atoms with Crippen molar-refractivity contribution in [3.63, 3.8) is 0 Å². The fourth-order valence-electron chi connectivity index (χ4n) is 2.20. The fourth-order valence-corrected chi connectivity index (χ4v) is 2.20. The Hall–Kier alpha value is -2.56. The van der Waals surface area contributed by atoms with Gasteiger partial charge in [-0.15, -0.1) is 0 Å². The Morgan fingerprint density at radius 1 is 1.09 bits per heavy atom. The van der Waals surface area contributed by atoms with E-state index in [0.29, 0.717) is 11.5 Å². The highest BCUT2D eigenvalue weighted by Crippen LogP contribution is 2.24. The molecule has 2 aromatic carbocycles. The molecule has 2 aromatic rings. The molecule has 0 bridgehead atoms. The lowest BCUT2D eigenvalue weighted by atomic mass is 10.1. The number of carbonyl (C=O) groups excluding carboxylic acids is 1. The van der Waals surface area contributed by atoms with Crippen molar-refractivity contribution >= 4 is 5.91 Å². The maximum Gasteiger partial charge on any atom is 0.261 e. The van der Waals surface area contributed by atoms with Crippen LogP contribution in [0, 0.1) is 5.82 Å². The Bertz CT molecular complexity index is 658. The third-order valence-electron chi connectivity index (χ3n) is 3.46. The van der Waals surface area contributed by atoms with E-state index in [1.165, 1.54) is 24.3 Å². The van der Waals surface area contributed by atoms with Crippen LogP contribution in [0.5, 0.6) is 11.5 Å². The summed E-state index contributed by atoms with van der Waals surface area (Å²) >= 11 is 0. The zero-order valence-corrected chi connectivity index (χ0v) is 13.4. The summed E-state index contributed by atoms with van der Waals surface area (Å²) in [5.74, 6) is 0.554. The number of para-hydroxylation sites is 1. The number of halogens is 1. The lowest BCUT2D eigenvalue weighted by Crippen LogP contribution is -2.37. The topological polar surface area (TPSA) is 47.6 Å². The molecule has 1 N–H and O–H groups in total. The Morgan fingerprint density at radius 2 is 1.74 bits per heavy atom. The van der Waals surface area contributed by atoms with Gasteiger partial charge in [-0.05, 0) is 44.2 Å². The fraction of sp³-hybridized carbons (Fsp3) is 0.278. The molecule has 0 fully saturated rings. The van der Waals surface area contributed by atoms with E-state index < -0.39 is 6.10 Å². The molecule has 0 aliphatic heterocycles. The molecule has 4 nitrogen and oxygen atoms in total. The average Bonchev–Trinajstić information content (AvgIpc) is 2.56. The summed E-state index contributed by atoms with van der Waals surface area (Å²) in [5.41, 5.74) is 0.886. The van der Waals surface area contributed by atoms with E-state index in [2.05, 4.69) is 5.32 Å². The van der Waals surface area contributed by atoms with Crippen LogP contribution in [0.2, 0.25) is 0 Å². The van der Waals surface area contributed by atoms with Gasteiger partial charge in [0.05, 0.1) is 13.2 Å². The number of benzene rings is 2. The SMILES string of the molecule is COc1ccccc1[C@@H](C)NC(=O)[C@@H](C)Oc1ccc(F)cc1. The molecule has 0 aromatic heterocycles. The van der Waals surface area contributed by atoms with Crippen molar-refractivity contribution in [3.05, 3.63) is 59.9 Å². The summed E-state index contributed by atoms with van der Waals surface area (Å²) < 4.78 is 23.7. The van der Waals surface area contributed by atoms with Crippen LogP contribution in [0.25, 0.3) is 0 Å². The zero-order chi connectivity index (χ0) is 16.8. The summed E-state index contributed by atoms with van der Waals surface area (Å²) in [7, 11) is 1.59. The van der Waals surface area contributed by atoms with E-state index in [9.17, 15) is 9.18 Å². The molecule has 23 heavy (non-hydrogen) atoms.